The highest BCUT2D eigenvalue weighted by Crippen LogP contribution is 2.15. The van der Waals surface area contributed by atoms with Crippen molar-refractivity contribution in [1.82, 2.24) is 14.9 Å². The summed E-state index contributed by atoms with van der Waals surface area (Å²) in [6.45, 7) is 0. The summed E-state index contributed by atoms with van der Waals surface area (Å²) < 4.78 is 26.1. The van der Waals surface area contributed by atoms with Gasteiger partial charge in [0.25, 0.3) is 15.9 Å². The number of carbonyl (C=O) groups excluding carboxylic acids is 1. The molecule has 0 saturated heterocycles. The van der Waals surface area contributed by atoms with Gasteiger partial charge in [-0.05, 0) is 17.7 Å². The molecule has 0 spiro atoms. The van der Waals surface area contributed by atoms with Crippen LogP contribution in [0.2, 0.25) is 0 Å². The van der Waals surface area contributed by atoms with E-state index < -0.39 is 15.9 Å². The predicted octanol–water partition coefficient (Wildman–Crippen LogP) is 2.29. The second-order valence-electron chi connectivity index (χ2n) is 4.83. The lowest BCUT2D eigenvalue weighted by atomic mass is 10.1. The molecule has 0 aliphatic heterocycles. The summed E-state index contributed by atoms with van der Waals surface area (Å²) >= 11 is 0. The third kappa shape index (κ3) is 3.46. The Balaban J connectivity index is 1.82. The second-order valence-corrected chi connectivity index (χ2v) is 6.40. The van der Waals surface area contributed by atoms with Crippen molar-refractivity contribution in [2.24, 2.45) is 0 Å². The molecule has 116 valence electrons. The fraction of sp³-hybridized carbons (Fsp3) is 0. The molecule has 6 nitrogen and oxygen atoms in total. The Morgan fingerprint density at radius 1 is 1.09 bits per heavy atom. The highest BCUT2D eigenvalue weighted by atomic mass is 32.2. The zero-order valence-corrected chi connectivity index (χ0v) is 12.7. The number of fused-ring (bicyclic) bond motifs is 1. The van der Waals surface area contributed by atoms with Gasteiger partial charge in [-0.2, -0.15) is 5.10 Å². The fourth-order valence-corrected chi connectivity index (χ4v) is 2.88. The largest absolute Gasteiger partial charge is 0.277 e. The number of hydrogen-bond acceptors (Lipinski definition) is 4. The minimum atomic E-state index is -3.89. The molecule has 2 N–H and O–H groups in total. The number of sulfonamides is 1. The third-order valence-electron chi connectivity index (χ3n) is 3.20. The van der Waals surface area contributed by atoms with Crippen LogP contribution in [0, 0.1) is 0 Å². The first-order valence-electron chi connectivity index (χ1n) is 6.77. The van der Waals surface area contributed by atoms with E-state index in [1.54, 1.807) is 42.6 Å². The molecule has 3 rings (SSSR count). The Morgan fingerprint density at radius 2 is 1.87 bits per heavy atom. The molecule has 0 bridgehead atoms. The molecule has 1 aromatic heterocycles. The molecule has 7 heteroatoms. The van der Waals surface area contributed by atoms with Crippen LogP contribution in [0.3, 0.4) is 0 Å². The Kier molecular flexibility index (Phi) is 3.94. The molecule has 2 aromatic carbocycles. The Bertz CT molecular complexity index is 976. The average molecular weight is 327 g/mol. The fourth-order valence-electron chi connectivity index (χ4n) is 2.11. The van der Waals surface area contributed by atoms with E-state index in [1.165, 1.54) is 12.1 Å². The van der Waals surface area contributed by atoms with Gasteiger partial charge in [0, 0.05) is 5.39 Å². The molecule has 0 atom stereocenters. The van der Waals surface area contributed by atoms with E-state index in [1.807, 2.05) is 10.8 Å². The van der Waals surface area contributed by atoms with Gasteiger partial charge in [-0.1, -0.05) is 42.5 Å². The summed E-state index contributed by atoms with van der Waals surface area (Å²) in [6.07, 6.45) is 2.99. The summed E-state index contributed by atoms with van der Waals surface area (Å²) in [6, 6.07) is 13.9. The van der Waals surface area contributed by atoms with Gasteiger partial charge in [0.2, 0.25) is 0 Å². The molecule has 1 amide bonds. The third-order valence-corrected chi connectivity index (χ3v) is 4.16. The minimum absolute atomic E-state index is 0.219. The lowest BCUT2D eigenvalue weighted by Gasteiger charge is -2.04. The van der Waals surface area contributed by atoms with E-state index in [0.717, 1.165) is 16.4 Å². The van der Waals surface area contributed by atoms with Crippen molar-refractivity contribution in [3.05, 3.63) is 71.3 Å². The lowest BCUT2D eigenvalue weighted by molar-refractivity contribution is 0.0983. The van der Waals surface area contributed by atoms with Crippen molar-refractivity contribution < 1.29 is 13.2 Å². The van der Waals surface area contributed by atoms with Gasteiger partial charge in [0.15, 0.2) is 0 Å². The number of carbonyl (C=O) groups is 1. The van der Waals surface area contributed by atoms with Gasteiger partial charge in [-0.25, -0.2) is 13.1 Å². The standard InChI is InChI=1S/C16H13N3O3S/c20-16(14-8-4-7-13-11-17-18-15(13)14)19-23(21,22)10-9-12-5-2-1-3-6-12/h1-11H,(H,17,18)(H,19,20)/b10-9+. The van der Waals surface area contributed by atoms with Gasteiger partial charge in [0.1, 0.15) is 0 Å². The molecule has 0 radical (unpaired) electrons. The maximum atomic E-state index is 12.2. The van der Waals surface area contributed by atoms with Gasteiger partial charge in [0.05, 0.1) is 22.7 Å². The number of para-hydroxylation sites is 1. The highest BCUT2D eigenvalue weighted by Gasteiger charge is 2.16. The number of H-pyrrole nitrogens is 1. The predicted molar refractivity (Wildman–Crippen MR) is 88.0 cm³/mol. The number of benzene rings is 2. The maximum Gasteiger partial charge on any atom is 0.267 e. The zero-order chi connectivity index (χ0) is 16.3. The molecule has 3 aromatic rings. The van der Waals surface area contributed by atoms with Crippen LogP contribution < -0.4 is 4.72 Å². The number of hydrogen-bond donors (Lipinski definition) is 2. The molecular weight excluding hydrogens is 314 g/mol. The van der Waals surface area contributed by atoms with Gasteiger partial charge in [-0.15, -0.1) is 0 Å². The summed E-state index contributed by atoms with van der Waals surface area (Å²) in [7, 11) is -3.89. The summed E-state index contributed by atoms with van der Waals surface area (Å²) in [5.41, 5.74) is 1.44. The number of amides is 1. The van der Waals surface area contributed by atoms with E-state index in [-0.39, 0.29) is 5.56 Å². The molecule has 0 aliphatic rings. The van der Waals surface area contributed by atoms with E-state index in [4.69, 9.17) is 0 Å². The first-order valence-corrected chi connectivity index (χ1v) is 8.32. The van der Waals surface area contributed by atoms with Crippen LogP contribution in [-0.2, 0) is 10.0 Å². The zero-order valence-electron chi connectivity index (χ0n) is 11.9. The molecule has 1 heterocycles. The monoisotopic (exact) mass is 327 g/mol. The highest BCUT2D eigenvalue weighted by molar-refractivity contribution is 7.93. The van der Waals surface area contributed by atoms with E-state index in [0.29, 0.717) is 5.52 Å². The molecule has 23 heavy (non-hydrogen) atoms. The second kappa shape index (κ2) is 6.05. The number of nitrogens with zero attached hydrogens (tertiary/aromatic N) is 1. The summed E-state index contributed by atoms with van der Waals surface area (Å²) in [4.78, 5) is 12.2. The number of aromatic nitrogens is 2. The van der Waals surface area contributed by atoms with Crippen molar-refractivity contribution >= 4 is 32.9 Å². The smallest absolute Gasteiger partial charge is 0.267 e. The SMILES string of the molecule is O=C(NS(=O)(=O)/C=C/c1ccccc1)c1cccc2cn[nH]c12. The van der Waals surface area contributed by atoms with Crippen molar-refractivity contribution in [3.63, 3.8) is 0 Å². The normalized spacial score (nSPS) is 11.8. The Hall–Kier alpha value is -2.93. The first kappa shape index (κ1) is 15.0. The van der Waals surface area contributed by atoms with Gasteiger partial charge >= 0.3 is 0 Å². The quantitative estimate of drug-likeness (QED) is 0.769. The molecular formula is C16H13N3O3S. The van der Waals surface area contributed by atoms with Crippen LogP contribution in [0.1, 0.15) is 15.9 Å². The van der Waals surface area contributed by atoms with Crippen molar-refractivity contribution in [3.8, 4) is 0 Å². The molecule has 0 saturated carbocycles. The van der Waals surface area contributed by atoms with Gasteiger partial charge in [-0.3, -0.25) is 9.89 Å². The number of aromatic amines is 1. The van der Waals surface area contributed by atoms with E-state index in [2.05, 4.69) is 10.2 Å². The van der Waals surface area contributed by atoms with Gasteiger partial charge < -0.3 is 0 Å². The number of rotatable bonds is 4. The summed E-state index contributed by atoms with van der Waals surface area (Å²) in [5.74, 6) is -0.711. The Labute approximate surface area is 132 Å². The van der Waals surface area contributed by atoms with Crippen LogP contribution in [0.25, 0.3) is 17.0 Å². The van der Waals surface area contributed by atoms with Crippen LogP contribution in [0.5, 0.6) is 0 Å². The average Bonchev–Trinajstić information content (AvgIpc) is 3.02. The molecule has 0 fully saturated rings. The van der Waals surface area contributed by atoms with Crippen molar-refractivity contribution in [2.45, 2.75) is 0 Å². The first-order chi connectivity index (χ1) is 11.1. The Morgan fingerprint density at radius 3 is 2.65 bits per heavy atom. The summed E-state index contributed by atoms with van der Waals surface area (Å²) in [5, 5.41) is 8.23. The van der Waals surface area contributed by atoms with Crippen molar-refractivity contribution in [1.29, 1.82) is 0 Å². The molecule has 0 aliphatic carbocycles. The maximum absolute atomic E-state index is 12.2. The molecule has 0 unspecified atom stereocenters. The van der Waals surface area contributed by atoms with Crippen molar-refractivity contribution in [2.75, 3.05) is 0 Å². The van der Waals surface area contributed by atoms with E-state index >= 15 is 0 Å². The lowest BCUT2D eigenvalue weighted by Crippen LogP contribution is -2.29. The van der Waals surface area contributed by atoms with E-state index in [9.17, 15) is 13.2 Å². The van der Waals surface area contributed by atoms with Crippen LogP contribution >= 0.6 is 0 Å². The number of nitrogens with one attached hydrogen (secondary N) is 2. The van der Waals surface area contributed by atoms with Crippen LogP contribution in [-0.4, -0.2) is 24.5 Å². The topological polar surface area (TPSA) is 91.9 Å². The van der Waals surface area contributed by atoms with Crippen LogP contribution in [0.4, 0.5) is 0 Å². The van der Waals surface area contributed by atoms with Crippen LogP contribution in [0.15, 0.2) is 60.1 Å². The minimum Gasteiger partial charge on any atom is -0.277 e.